The molecule has 6 heteroatoms. The summed E-state index contributed by atoms with van der Waals surface area (Å²) in [5, 5.41) is 22.7. The number of aromatic nitrogens is 2. The molecule has 0 aliphatic rings. The molecule has 0 aliphatic carbocycles. The number of benzene rings is 2. The molecule has 0 radical (unpaired) electrons. The van der Waals surface area contributed by atoms with E-state index in [2.05, 4.69) is 5.10 Å². The van der Waals surface area contributed by atoms with Crippen LogP contribution in [-0.4, -0.2) is 26.0 Å². The molecule has 0 spiro atoms. The number of hydrogen-bond donors (Lipinski definition) is 2. The average Bonchev–Trinajstić information content (AvgIpc) is 2.57. The molecule has 1 aromatic heterocycles. The van der Waals surface area contributed by atoms with Gasteiger partial charge in [0, 0.05) is 5.56 Å². The monoisotopic (exact) mass is 322 g/mol. The fourth-order valence-corrected chi connectivity index (χ4v) is 2.39. The second-order valence-electron chi connectivity index (χ2n) is 5.32. The Balaban J connectivity index is 2.23. The summed E-state index contributed by atoms with van der Waals surface area (Å²) in [4.78, 5) is 22.8. The van der Waals surface area contributed by atoms with Crippen molar-refractivity contribution in [2.24, 2.45) is 0 Å². The summed E-state index contributed by atoms with van der Waals surface area (Å²) < 4.78 is 1.20. The quantitative estimate of drug-likeness (QED) is 0.773. The number of rotatable bonds is 3. The van der Waals surface area contributed by atoms with Crippen molar-refractivity contribution in [1.82, 2.24) is 9.78 Å². The van der Waals surface area contributed by atoms with Crippen LogP contribution in [-0.2, 0) is 0 Å². The third kappa shape index (κ3) is 2.77. The maximum Gasteiger partial charge on any atom is 0.360 e. The minimum atomic E-state index is -1.49. The molecule has 0 amide bonds. The highest BCUT2D eigenvalue weighted by molar-refractivity contribution is 5.85. The zero-order valence-corrected chi connectivity index (χ0v) is 12.8. The van der Waals surface area contributed by atoms with E-state index in [9.17, 15) is 14.7 Å². The molecule has 0 atom stereocenters. The maximum atomic E-state index is 11.7. The van der Waals surface area contributed by atoms with Crippen molar-refractivity contribution in [1.29, 1.82) is 0 Å². The first kappa shape index (κ1) is 15.5. The predicted molar refractivity (Wildman–Crippen MR) is 88.6 cm³/mol. The number of carboxylic acids is 1. The van der Waals surface area contributed by atoms with Crippen LogP contribution in [0.1, 0.15) is 16.1 Å². The molecule has 0 fully saturated rings. The number of aromatic hydroxyl groups is 1. The Labute approximate surface area is 137 Å². The summed E-state index contributed by atoms with van der Waals surface area (Å²) in [6.07, 6.45) is 1.11. The van der Waals surface area contributed by atoms with Gasteiger partial charge in [0.15, 0.2) is 5.75 Å². The van der Waals surface area contributed by atoms with E-state index in [4.69, 9.17) is 5.11 Å². The zero-order valence-electron chi connectivity index (χ0n) is 12.8. The van der Waals surface area contributed by atoms with E-state index in [1.54, 1.807) is 12.1 Å². The Kier molecular flexibility index (Phi) is 3.87. The van der Waals surface area contributed by atoms with Crippen LogP contribution in [0.15, 0.2) is 59.5 Å². The second kappa shape index (κ2) is 6.00. The Morgan fingerprint density at radius 1 is 1.08 bits per heavy atom. The summed E-state index contributed by atoms with van der Waals surface area (Å²) in [6.45, 7) is 1.98. The molecular formula is C18H14N2O4. The molecular weight excluding hydrogens is 308 g/mol. The zero-order chi connectivity index (χ0) is 17.3. The lowest BCUT2D eigenvalue weighted by Crippen LogP contribution is -2.21. The van der Waals surface area contributed by atoms with E-state index >= 15 is 0 Å². The maximum absolute atomic E-state index is 11.7. The first-order valence-electron chi connectivity index (χ1n) is 7.20. The number of carboxylic acid groups (broad SMARTS) is 1. The number of aromatic carboxylic acids is 1. The number of nitrogens with zero attached hydrogens (tertiary/aromatic N) is 2. The van der Waals surface area contributed by atoms with Crippen LogP contribution in [0.5, 0.6) is 5.75 Å². The molecule has 3 aromatic rings. The highest BCUT2D eigenvalue weighted by Crippen LogP contribution is 2.26. The molecule has 0 aliphatic heterocycles. The number of aryl methyl sites for hydroxylation is 1. The molecule has 120 valence electrons. The van der Waals surface area contributed by atoms with Gasteiger partial charge in [0.25, 0.3) is 5.43 Å². The van der Waals surface area contributed by atoms with Crippen LogP contribution < -0.4 is 5.43 Å². The minimum Gasteiger partial charge on any atom is -0.503 e. The summed E-state index contributed by atoms with van der Waals surface area (Å²) in [7, 11) is 0. The molecule has 0 bridgehead atoms. The van der Waals surface area contributed by atoms with Crippen LogP contribution >= 0.6 is 0 Å². The van der Waals surface area contributed by atoms with Crippen molar-refractivity contribution in [3.63, 3.8) is 0 Å². The van der Waals surface area contributed by atoms with Crippen LogP contribution in [0.4, 0.5) is 0 Å². The van der Waals surface area contributed by atoms with Crippen molar-refractivity contribution in [3.05, 3.63) is 76.2 Å². The van der Waals surface area contributed by atoms with E-state index in [0.29, 0.717) is 5.69 Å². The Bertz CT molecular complexity index is 975. The van der Waals surface area contributed by atoms with E-state index in [0.717, 1.165) is 22.9 Å². The molecule has 0 unspecified atom stereocenters. The van der Waals surface area contributed by atoms with E-state index in [1.165, 1.54) is 4.68 Å². The van der Waals surface area contributed by atoms with Gasteiger partial charge in [-0.25, -0.2) is 9.48 Å². The van der Waals surface area contributed by atoms with Crippen molar-refractivity contribution in [2.45, 2.75) is 6.92 Å². The Hall–Kier alpha value is -3.41. The van der Waals surface area contributed by atoms with Gasteiger partial charge in [-0.2, -0.15) is 5.10 Å². The first-order chi connectivity index (χ1) is 11.5. The van der Waals surface area contributed by atoms with Gasteiger partial charge in [-0.1, -0.05) is 48.0 Å². The van der Waals surface area contributed by atoms with Crippen molar-refractivity contribution in [2.75, 3.05) is 0 Å². The minimum absolute atomic E-state index is 0.555. The van der Waals surface area contributed by atoms with E-state index in [1.807, 2.05) is 43.3 Å². The molecule has 24 heavy (non-hydrogen) atoms. The van der Waals surface area contributed by atoms with Crippen LogP contribution in [0.2, 0.25) is 0 Å². The molecule has 0 saturated heterocycles. The van der Waals surface area contributed by atoms with Crippen molar-refractivity contribution in [3.8, 4) is 22.6 Å². The largest absolute Gasteiger partial charge is 0.503 e. The average molecular weight is 322 g/mol. The highest BCUT2D eigenvalue weighted by Gasteiger charge is 2.17. The van der Waals surface area contributed by atoms with E-state index in [-0.39, 0.29) is 0 Å². The number of hydrogen-bond acceptors (Lipinski definition) is 4. The van der Waals surface area contributed by atoms with Crippen molar-refractivity contribution >= 4 is 5.97 Å². The first-order valence-corrected chi connectivity index (χ1v) is 7.20. The van der Waals surface area contributed by atoms with Gasteiger partial charge < -0.3 is 10.2 Å². The summed E-state index contributed by atoms with van der Waals surface area (Å²) in [5.41, 5.74) is 1.64. The van der Waals surface area contributed by atoms with Crippen LogP contribution in [0.25, 0.3) is 16.8 Å². The Morgan fingerprint density at radius 3 is 2.42 bits per heavy atom. The normalized spacial score (nSPS) is 10.5. The van der Waals surface area contributed by atoms with Crippen LogP contribution in [0.3, 0.4) is 0 Å². The lowest BCUT2D eigenvalue weighted by Gasteiger charge is -2.12. The second-order valence-corrected chi connectivity index (χ2v) is 5.32. The standard InChI is InChI=1S/C18H14N2O4/c1-11-6-8-12(9-7-11)13-4-2-3-5-14(13)20-10-15(21)17(22)16(19-20)18(23)24/h2-10,21H,1H3,(H,23,24). The Morgan fingerprint density at radius 2 is 1.75 bits per heavy atom. The van der Waals surface area contributed by atoms with Crippen LogP contribution in [0, 0.1) is 6.92 Å². The fourth-order valence-electron chi connectivity index (χ4n) is 2.39. The lowest BCUT2D eigenvalue weighted by atomic mass is 10.0. The third-order valence-electron chi connectivity index (χ3n) is 3.62. The van der Waals surface area contributed by atoms with Gasteiger partial charge in [0.05, 0.1) is 11.9 Å². The summed E-state index contributed by atoms with van der Waals surface area (Å²) in [5.74, 6) is -2.15. The fraction of sp³-hybridized carbons (Fsp3) is 0.0556. The van der Waals surface area contributed by atoms with Gasteiger partial charge in [0.2, 0.25) is 5.69 Å². The topological polar surface area (TPSA) is 92.4 Å². The smallest absolute Gasteiger partial charge is 0.360 e. The summed E-state index contributed by atoms with van der Waals surface area (Å²) in [6, 6.07) is 15.0. The molecule has 1 heterocycles. The highest BCUT2D eigenvalue weighted by atomic mass is 16.4. The van der Waals surface area contributed by atoms with Crippen molar-refractivity contribution < 1.29 is 15.0 Å². The molecule has 3 rings (SSSR count). The van der Waals surface area contributed by atoms with Gasteiger partial charge >= 0.3 is 5.97 Å². The van der Waals surface area contributed by atoms with Gasteiger partial charge in [0.1, 0.15) is 0 Å². The molecule has 2 aromatic carbocycles. The van der Waals surface area contributed by atoms with Gasteiger partial charge in [-0.3, -0.25) is 4.79 Å². The third-order valence-corrected chi connectivity index (χ3v) is 3.62. The number of carbonyl (C=O) groups is 1. The molecule has 2 N–H and O–H groups in total. The van der Waals surface area contributed by atoms with Gasteiger partial charge in [-0.15, -0.1) is 0 Å². The SMILES string of the molecule is Cc1ccc(-c2ccccc2-n2cc(O)c(=O)c(C(=O)O)n2)cc1. The molecule has 6 nitrogen and oxygen atoms in total. The van der Waals surface area contributed by atoms with E-state index < -0.39 is 22.8 Å². The number of para-hydroxylation sites is 1. The summed E-state index contributed by atoms with van der Waals surface area (Å²) >= 11 is 0. The van der Waals surface area contributed by atoms with Gasteiger partial charge in [-0.05, 0) is 18.6 Å². The lowest BCUT2D eigenvalue weighted by molar-refractivity contribution is 0.0686. The predicted octanol–water partition coefficient (Wildman–Crippen LogP) is 2.61. The molecule has 0 saturated carbocycles.